The second kappa shape index (κ2) is 6.93. The zero-order valence-electron chi connectivity index (χ0n) is 12.7. The number of hydrogen-bond donors (Lipinski definition) is 1. The highest BCUT2D eigenvalue weighted by molar-refractivity contribution is 5.95. The molecule has 1 unspecified atom stereocenters. The fraction of sp³-hybridized carbons (Fsp3) is 0.278. The van der Waals surface area contributed by atoms with Crippen LogP contribution in [-0.4, -0.2) is 12.0 Å². The molecular formula is C18H21NO2. The van der Waals surface area contributed by atoms with E-state index in [1.807, 2.05) is 55.5 Å². The molecule has 2 rings (SSSR count). The van der Waals surface area contributed by atoms with E-state index in [-0.39, 0.29) is 5.91 Å². The van der Waals surface area contributed by atoms with Crippen LogP contribution in [0.2, 0.25) is 0 Å². The lowest BCUT2D eigenvalue weighted by Crippen LogP contribution is -2.30. The normalized spacial score (nSPS) is 11.8. The summed E-state index contributed by atoms with van der Waals surface area (Å²) in [6, 6.07) is 15.4. The number of amides is 1. The molecule has 0 spiro atoms. The maximum absolute atomic E-state index is 12.3. The van der Waals surface area contributed by atoms with Crippen LogP contribution in [0.15, 0.2) is 48.5 Å². The van der Waals surface area contributed by atoms with E-state index >= 15 is 0 Å². The summed E-state index contributed by atoms with van der Waals surface area (Å²) in [6.07, 6.45) is 0.335. The van der Waals surface area contributed by atoms with Gasteiger partial charge in [-0.15, -0.1) is 0 Å². The van der Waals surface area contributed by atoms with Crippen LogP contribution in [0, 0.1) is 6.92 Å². The van der Waals surface area contributed by atoms with Crippen molar-refractivity contribution in [2.24, 2.45) is 0 Å². The van der Waals surface area contributed by atoms with Gasteiger partial charge in [0, 0.05) is 5.69 Å². The number of benzene rings is 2. The van der Waals surface area contributed by atoms with Crippen molar-refractivity contribution in [2.75, 3.05) is 5.32 Å². The minimum Gasteiger partial charge on any atom is -0.481 e. The zero-order chi connectivity index (χ0) is 15.2. The van der Waals surface area contributed by atoms with Crippen LogP contribution in [-0.2, 0) is 11.2 Å². The van der Waals surface area contributed by atoms with Gasteiger partial charge >= 0.3 is 0 Å². The molecule has 0 fully saturated rings. The maximum atomic E-state index is 12.3. The average molecular weight is 283 g/mol. The van der Waals surface area contributed by atoms with Crippen molar-refractivity contribution in [3.63, 3.8) is 0 Å². The summed E-state index contributed by atoms with van der Waals surface area (Å²) < 4.78 is 5.65. The Morgan fingerprint density at radius 1 is 1.14 bits per heavy atom. The third-order valence-corrected chi connectivity index (χ3v) is 3.41. The highest BCUT2D eigenvalue weighted by atomic mass is 16.5. The van der Waals surface area contributed by atoms with Gasteiger partial charge in [-0.2, -0.15) is 0 Å². The molecule has 0 aliphatic carbocycles. The standard InChI is InChI=1S/C18H21NO2/c1-4-15-10-8-9-13(2)17(15)19-18(20)14(3)21-16-11-6-5-7-12-16/h5-12,14H,4H2,1-3H3,(H,19,20). The summed E-state index contributed by atoms with van der Waals surface area (Å²) in [4.78, 5) is 12.3. The van der Waals surface area contributed by atoms with Crippen LogP contribution in [0.1, 0.15) is 25.0 Å². The molecular weight excluding hydrogens is 262 g/mol. The largest absolute Gasteiger partial charge is 0.481 e. The van der Waals surface area contributed by atoms with Crippen LogP contribution in [0.25, 0.3) is 0 Å². The van der Waals surface area contributed by atoms with Gasteiger partial charge in [0.1, 0.15) is 5.75 Å². The number of nitrogens with one attached hydrogen (secondary N) is 1. The predicted molar refractivity (Wildman–Crippen MR) is 85.7 cm³/mol. The molecule has 0 bridgehead atoms. The van der Waals surface area contributed by atoms with Gasteiger partial charge in [0.15, 0.2) is 6.10 Å². The van der Waals surface area contributed by atoms with Gasteiger partial charge in [-0.25, -0.2) is 0 Å². The molecule has 2 aromatic carbocycles. The van der Waals surface area contributed by atoms with E-state index in [0.29, 0.717) is 5.75 Å². The number of aryl methyl sites for hydroxylation is 2. The van der Waals surface area contributed by atoms with Crippen LogP contribution in [0.4, 0.5) is 5.69 Å². The Hall–Kier alpha value is -2.29. The minimum atomic E-state index is -0.545. The fourth-order valence-electron chi connectivity index (χ4n) is 2.18. The SMILES string of the molecule is CCc1cccc(C)c1NC(=O)C(C)Oc1ccccc1. The van der Waals surface area contributed by atoms with Crippen LogP contribution >= 0.6 is 0 Å². The topological polar surface area (TPSA) is 38.3 Å². The van der Waals surface area contributed by atoms with Crippen molar-refractivity contribution in [1.82, 2.24) is 0 Å². The van der Waals surface area contributed by atoms with Gasteiger partial charge in [-0.3, -0.25) is 4.79 Å². The highest BCUT2D eigenvalue weighted by Gasteiger charge is 2.16. The monoisotopic (exact) mass is 283 g/mol. The van der Waals surface area contributed by atoms with Crippen molar-refractivity contribution >= 4 is 11.6 Å². The second-order valence-electron chi connectivity index (χ2n) is 5.02. The van der Waals surface area contributed by atoms with E-state index in [0.717, 1.165) is 23.2 Å². The molecule has 21 heavy (non-hydrogen) atoms. The summed E-state index contributed by atoms with van der Waals surface area (Å²) in [5, 5.41) is 2.99. The van der Waals surface area contributed by atoms with Crippen LogP contribution < -0.4 is 10.1 Å². The highest BCUT2D eigenvalue weighted by Crippen LogP contribution is 2.21. The quantitative estimate of drug-likeness (QED) is 0.902. The smallest absolute Gasteiger partial charge is 0.265 e. The van der Waals surface area contributed by atoms with Gasteiger partial charge in [-0.05, 0) is 43.5 Å². The number of carbonyl (C=O) groups is 1. The van der Waals surface area contributed by atoms with E-state index in [4.69, 9.17) is 4.74 Å². The molecule has 0 heterocycles. The molecule has 1 N–H and O–H groups in total. The molecule has 0 aromatic heterocycles. The van der Waals surface area contributed by atoms with Crippen LogP contribution in [0.5, 0.6) is 5.75 Å². The Balaban J connectivity index is 2.08. The van der Waals surface area contributed by atoms with Gasteiger partial charge < -0.3 is 10.1 Å². The molecule has 0 radical (unpaired) electrons. The Morgan fingerprint density at radius 3 is 2.52 bits per heavy atom. The maximum Gasteiger partial charge on any atom is 0.265 e. The fourth-order valence-corrected chi connectivity index (χ4v) is 2.18. The van der Waals surface area contributed by atoms with Crippen molar-refractivity contribution in [3.05, 3.63) is 59.7 Å². The van der Waals surface area contributed by atoms with E-state index in [2.05, 4.69) is 12.2 Å². The first-order valence-electron chi connectivity index (χ1n) is 7.23. The van der Waals surface area contributed by atoms with Crippen molar-refractivity contribution in [2.45, 2.75) is 33.3 Å². The molecule has 0 aliphatic heterocycles. The average Bonchev–Trinajstić information content (AvgIpc) is 2.50. The molecule has 110 valence electrons. The first kappa shape index (κ1) is 15.1. The Bertz CT molecular complexity index is 608. The van der Waals surface area contributed by atoms with E-state index in [1.165, 1.54) is 0 Å². The summed E-state index contributed by atoms with van der Waals surface area (Å²) in [6.45, 7) is 5.83. The number of hydrogen-bond acceptors (Lipinski definition) is 2. The molecule has 3 nitrogen and oxygen atoms in total. The minimum absolute atomic E-state index is 0.136. The zero-order valence-corrected chi connectivity index (χ0v) is 12.7. The summed E-state index contributed by atoms with van der Waals surface area (Å²) in [5.41, 5.74) is 3.10. The number of anilines is 1. The van der Waals surface area contributed by atoms with Crippen molar-refractivity contribution in [3.8, 4) is 5.75 Å². The third-order valence-electron chi connectivity index (χ3n) is 3.41. The lowest BCUT2D eigenvalue weighted by atomic mass is 10.1. The Kier molecular flexibility index (Phi) is 4.99. The number of para-hydroxylation sites is 2. The lowest BCUT2D eigenvalue weighted by Gasteiger charge is -2.17. The first-order chi connectivity index (χ1) is 10.1. The van der Waals surface area contributed by atoms with Crippen molar-refractivity contribution < 1.29 is 9.53 Å². The summed E-state index contributed by atoms with van der Waals surface area (Å²) >= 11 is 0. The molecule has 1 atom stereocenters. The summed E-state index contributed by atoms with van der Waals surface area (Å²) in [5.74, 6) is 0.559. The number of rotatable bonds is 5. The molecule has 0 aliphatic rings. The van der Waals surface area contributed by atoms with Gasteiger partial charge in [0.25, 0.3) is 5.91 Å². The Morgan fingerprint density at radius 2 is 1.86 bits per heavy atom. The number of ether oxygens (including phenoxy) is 1. The van der Waals surface area contributed by atoms with E-state index in [1.54, 1.807) is 6.92 Å². The third kappa shape index (κ3) is 3.85. The molecule has 0 saturated carbocycles. The molecule has 3 heteroatoms. The first-order valence-corrected chi connectivity index (χ1v) is 7.23. The predicted octanol–water partition coefficient (Wildman–Crippen LogP) is 3.96. The summed E-state index contributed by atoms with van der Waals surface area (Å²) in [7, 11) is 0. The molecule has 2 aromatic rings. The van der Waals surface area contributed by atoms with E-state index in [9.17, 15) is 4.79 Å². The lowest BCUT2D eigenvalue weighted by molar-refractivity contribution is -0.122. The molecule has 1 amide bonds. The Labute approximate surface area is 126 Å². The number of carbonyl (C=O) groups excluding carboxylic acids is 1. The second-order valence-corrected chi connectivity index (χ2v) is 5.02. The van der Waals surface area contributed by atoms with Gasteiger partial charge in [0.2, 0.25) is 0 Å². The van der Waals surface area contributed by atoms with Gasteiger partial charge in [-0.1, -0.05) is 43.3 Å². The molecule has 0 saturated heterocycles. The van der Waals surface area contributed by atoms with Gasteiger partial charge in [0.05, 0.1) is 0 Å². The van der Waals surface area contributed by atoms with Crippen LogP contribution in [0.3, 0.4) is 0 Å². The van der Waals surface area contributed by atoms with E-state index < -0.39 is 6.10 Å². The van der Waals surface area contributed by atoms with Crippen molar-refractivity contribution in [1.29, 1.82) is 0 Å².